The molecule has 0 fully saturated rings. The van der Waals surface area contributed by atoms with Gasteiger partial charge in [0.25, 0.3) is 5.69 Å². The van der Waals surface area contributed by atoms with Crippen LogP contribution < -0.4 is 0 Å². The van der Waals surface area contributed by atoms with Gasteiger partial charge in [0.2, 0.25) is 0 Å². The van der Waals surface area contributed by atoms with Gasteiger partial charge in [0.1, 0.15) is 17.2 Å². The lowest BCUT2D eigenvalue weighted by Crippen LogP contribution is -2.10. The van der Waals surface area contributed by atoms with Gasteiger partial charge >= 0.3 is 0 Å². The fourth-order valence-corrected chi connectivity index (χ4v) is 2.81. The Morgan fingerprint density at radius 2 is 1.70 bits per heavy atom. The van der Waals surface area contributed by atoms with E-state index in [1.807, 2.05) is 6.07 Å². The lowest BCUT2D eigenvalue weighted by Gasteiger charge is -2.19. The Labute approximate surface area is 156 Å². The molecule has 3 aromatic rings. The van der Waals surface area contributed by atoms with Crippen LogP contribution in [0.2, 0.25) is 0 Å². The molecule has 0 aliphatic rings. The molecule has 0 unspecified atom stereocenters. The Kier molecular flexibility index (Phi) is 4.57. The van der Waals surface area contributed by atoms with Gasteiger partial charge < -0.3 is 10.2 Å². The monoisotopic (exact) mass is 364 g/mol. The second kappa shape index (κ2) is 6.72. The molecule has 0 atom stereocenters. The number of nitro groups is 1. The third-order valence-electron chi connectivity index (χ3n) is 4.41. The number of hydrogen-bond acceptors (Lipinski definition) is 5. The van der Waals surface area contributed by atoms with Crippen LogP contribution in [0.1, 0.15) is 31.9 Å². The molecule has 0 aliphatic heterocycles. The molecule has 138 valence electrons. The zero-order valence-corrected chi connectivity index (χ0v) is 15.3. The van der Waals surface area contributed by atoms with Gasteiger partial charge in [-0.05, 0) is 46.0 Å². The maximum atomic E-state index is 11.0. The fraction of sp³-hybridized carbons (Fsp3) is 0.190. The molecule has 0 spiro atoms. The number of aliphatic imine (C=N–C) groups is 1. The Bertz CT molecular complexity index is 1070. The highest BCUT2D eigenvalue weighted by molar-refractivity contribution is 6.03. The van der Waals surface area contributed by atoms with Crippen molar-refractivity contribution in [3.63, 3.8) is 0 Å². The minimum atomic E-state index is -0.462. The van der Waals surface area contributed by atoms with E-state index in [-0.39, 0.29) is 22.6 Å². The minimum Gasteiger partial charge on any atom is -0.507 e. The van der Waals surface area contributed by atoms with Crippen molar-refractivity contribution in [1.82, 2.24) is 0 Å². The highest BCUT2D eigenvalue weighted by Gasteiger charge is 2.15. The van der Waals surface area contributed by atoms with Crippen LogP contribution in [0.25, 0.3) is 10.8 Å². The summed E-state index contributed by atoms with van der Waals surface area (Å²) in [6.45, 7) is 6.20. The lowest BCUT2D eigenvalue weighted by atomic mass is 9.87. The number of fused-ring (bicyclic) bond motifs is 1. The van der Waals surface area contributed by atoms with E-state index in [0.717, 1.165) is 5.56 Å². The van der Waals surface area contributed by atoms with Gasteiger partial charge in [0.05, 0.1) is 4.92 Å². The summed E-state index contributed by atoms with van der Waals surface area (Å²) in [6, 6.07) is 12.8. The van der Waals surface area contributed by atoms with Crippen LogP contribution in [0.15, 0.2) is 53.5 Å². The van der Waals surface area contributed by atoms with Crippen LogP contribution in [0.3, 0.4) is 0 Å². The number of phenolic OH excluding ortho intramolecular Hbond substituents is 2. The second-order valence-electron chi connectivity index (χ2n) is 7.37. The van der Waals surface area contributed by atoms with E-state index in [1.54, 1.807) is 24.3 Å². The first-order valence-electron chi connectivity index (χ1n) is 8.44. The molecule has 0 aromatic heterocycles. The number of nitro benzene ring substituents is 1. The molecule has 0 saturated carbocycles. The van der Waals surface area contributed by atoms with Crippen LogP contribution in [-0.2, 0) is 5.41 Å². The summed E-state index contributed by atoms with van der Waals surface area (Å²) < 4.78 is 0. The fourth-order valence-electron chi connectivity index (χ4n) is 2.81. The zero-order valence-electron chi connectivity index (χ0n) is 15.3. The SMILES string of the molecule is CC(C)(C)c1ccc(O)c(N=Cc2c(O)ccc3cc([N+](=O)[O-])ccc23)c1. The van der Waals surface area contributed by atoms with Crippen LogP contribution in [-0.4, -0.2) is 21.4 Å². The molecule has 0 amide bonds. The molecule has 3 aromatic carbocycles. The summed E-state index contributed by atoms with van der Waals surface area (Å²) in [5.41, 5.74) is 1.72. The first kappa shape index (κ1) is 18.4. The quantitative estimate of drug-likeness (QED) is 0.379. The van der Waals surface area contributed by atoms with E-state index in [9.17, 15) is 20.3 Å². The van der Waals surface area contributed by atoms with E-state index in [0.29, 0.717) is 22.0 Å². The molecule has 6 heteroatoms. The number of nitrogens with zero attached hydrogens (tertiary/aromatic N) is 2. The number of phenols is 2. The summed E-state index contributed by atoms with van der Waals surface area (Å²) in [7, 11) is 0. The third kappa shape index (κ3) is 3.74. The Balaban J connectivity index is 2.09. The maximum Gasteiger partial charge on any atom is 0.270 e. The number of non-ortho nitro benzene ring substituents is 1. The molecule has 0 radical (unpaired) electrons. The average Bonchev–Trinajstić information content (AvgIpc) is 2.60. The number of benzene rings is 3. The van der Waals surface area contributed by atoms with Crippen molar-refractivity contribution in [3.05, 3.63) is 69.8 Å². The molecule has 0 heterocycles. The highest BCUT2D eigenvalue weighted by atomic mass is 16.6. The predicted molar refractivity (Wildman–Crippen MR) is 106 cm³/mol. The van der Waals surface area contributed by atoms with Crippen molar-refractivity contribution >= 4 is 28.4 Å². The predicted octanol–water partition coefficient (Wildman–Crippen LogP) is 5.21. The number of aromatic hydroxyl groups is 2. The molecule has 2 N–H and O–H groups in total. The summed E-state index contributed by atoms with van der Waals surface area (Å²) in [6.07, 6.45) is 1.46. The molecular formula is C21H20N2O4. The third-order valence-corrected chi connectivity index (χ3v) is 4.41. The molecular weight excluding hydrogens is 344 g/mol. The molecule has 3 rings (SSSR count). The Morgan fingerprint density at radius 1 is 1.00 bits per heavy atom. The van der Waals surface area contributed by atoms with Crippen LogP contribution >= 0.6 is 0 Å². The molecule has 27 heavy (non-hydrogen) atoms. The average molecular weight is 364 g/mol. The van der Waals surface area contributed by atoms with Crippen molar-refractivity contribution in [2.75, 3.05) is 0 Å². The van der Waals surface area contributed by atoms with Gasteiger partial charge in [-0.3, -0.25) is 15.1 Å². The van der Waals surface area contributed by atoms with Gasteiger partial charge in [-0.1, -0.05) is 32.9 Å². The summed E-state index contributed by atoms with van der Waals surface area (Å²) in [5, 5.41) is 32.6. The van der Waals surface area contributed by atoms with Crippen molar-refractivity contribution in [3.8, 4) is 11.5 Å². The van der Waals surface area contributed by atoms with Crippen LogP contribution in [0.5, 0.6) is 11.5 Å². The Hall–Kier alpha value is -3.41. The highest BCUT2D eigenvalue weighted by Crippen LogP contribution is 2.34. The van der Waals surface area contributed by atoms with E-state index in [1.165, 1.54) is 24.4 Å². The van der Waals surface area contributed by atoms with Crippen molar-refractivity contribution in [1.29, 1.82) is 0 Å². The van der Waals surface area contributed by atoms with E-state index < -0.39 is 4.92 Å². The lowest BCUT2D eigenvalue weighted by molar-refractivity contribution is -0.384. The molecule has 6 nitrogen and oxygen atoms in total. The molecule has 0 aliphatic carbocycles. The van der Waals surface area contributed by atoms with Crippen molar-refractivity contribution < 1.29 is 15.1 Å². The first-order valence-corrected chi connectivity index (χ1v) is 8.44. The normalized spacial score (nSPS) is 12.0. The summed E-state index contributed by atoms with van der Waals surface area (Å²) in [5.74, 6) is 0.0428. The van der Waals surface area contributed by atoms with Gasteiger partial charge in [0, 0.05) is 23.9 Å². The van der Waals surface area contributed by atoms with E-state index in [4.69, 9.17) is 0 Å². The largest absolute Gasteiger partial charge is 0.507 e. The van der Waals surface area contributed by atoms with Gasteiger partial charge in [-0.25, -0.2) is 0 Å². The summed E-state index contributed by atoms with van der Waals surface area (Å²) in [4.78, 5) is 14.8. The maximum absolute atomic E-state index is 11.0. The summed E-state index contributed by atoms with van der Waals surface area (Å²) >= 11 is 0. The second-order valence-corrected chi connectivity index (χ2v) is 7.37. The van der Waals surface area contributed by atoms with Gasteiger partial charge in [0.15, 0.2) is 0 Å². The number of hydrogen-bond donors (Lipinski definition) is 2. The van der Waals surface area contributed by atoms with Gasteiger partial charge in [-0.15, -0.1) is 0 Å². The number of rotatable bonds is 3. The first-order chi connectivity index (χ1) is 12.7. The zero-order chi connectivity index (χ0) is 19.8. The van der Waals surface area contributed by atoms with Crippen molar-refractivity contribution in [2.45, 2.75) is 26.2 Å². The Morgan fingerprint density at radius 3 is 2.37 bits per heavy atom. The molecule has 0 saturated heterocycles. The smallest absolute Gasteiger partial charge is 0.270 e. The molecule has 0 bridgehead atoms. The van der Waals surface area contributed by atoms with Crippen molar-refractivity contribution in [2.24, 2.45) is 4.99 Å². The standard InChI is InChI=1S/C21H20N2O4/c1-21(2,3)14-5-9-20(25)18(11-14)22-12-17-16-7-6-15(23(26)27)10-13(16)4-8-19(17)24/h4-12,24-25H,1-3H3. The van der Waals surface area contributed by atoms with E-state index in [2.05, 4.69) is 25.8 Å². The van der Waals surface area contributed by atoms with Gasteiger partial charge in [-0.2, -0.15) is 0 Å². The van der Waals surface area contributed by atoms with Crippen LogP contribution in [0, 0.1) is 10.1 Å². The topological polar surface area (TPSA) is 96.0 Å². The minimum absolute atomic E-state index is 0.00608. The van der Waals surface area contributed by atoms with Crippen LogP contribution in [0.4, 0.5) is 11.4 Å². The van der Waals surface area contributed by atoms with E-state index >= 15 is 0 Å².